The molecule has 4 aromatic heterocycles. The van der Waals surface area contributed by atoms with Crippen LogP contribution in [-0.4, -0.2) is 59.1 Å². The van der Waals surface area contributed by atoms with E-state index in [1.807, 2.05) is 35.7 Å². The molecular formula is C32H30N10O2. The van der Waals surface area contributed by atoms with Gasteiger partial charge in [-0.25, -0.2) is 14.6 Å². The summed E-state index contributed by atoms with van der Waals surface area (Å²) in [5.41, 5.74) is 8.02. The quantitative estimate of drug-likeness (QED) is 0.314. The third-order valence-corrected chi connectivity index (χ3v) is 9.90. The fraction of sp³-hybridized carbons (Fsp3) is 0.312. The Kier molecular flexibility index (Phi) is 5.69. The van der Waals surface area contributed by atoms with Crippen LogP contribution in [-0.2, 0) is 13.1 Å². The van der Waals surface area contributed by atoms with Crippen molar-refractivity contribution in [1.29, 1.82) is 0 Å². The molecule has 4 aliphatic rings. The number of hydrogen-bond acceptors (Lipinski definition) is 8. The molecule has 0 aliphatic carbocycles. The van der Waals surface area contributed by atoms with E-state index in [2.05, 4.69) is 82.1 Å². The SMILES string of the molecule is OC1c2cnnn2CCC1C1c2ccccc2-c2cncn21.OC1c2nncn2CCC1C1c2ccccc2-c2cncn21. The molecule has 0 fully saturated rings. The van der Waals surface area contributed by atoms with E-state index in [-0.39, 0.29) is 23.9 Å². The minimum Gasteiger partial charge on any atom is -0.386 e. The Labute approximate surface area is 252 Å². The molecule has 8 heterocycles. The Balaban J connectivity index is 0.000000123. The number of aliphatic hydroxyl groups is 2. The number of hydrogen-bond donors (Lipinski definition) is 2. The summed E-state index contributed by atoms with van der Waals surface area (Å²) in [5.74, 6) is 0.846. The molecule has 2 aromatic carbocycles. The van der Waals surface area contributed by atoms with Gasteiger partial charge < -0.3 is 23.9 Å². The zero-order valence-corrected chi connectivity index (χ0v) is 23.7. The van der Waals surface area contributed by atoms with Crippen LogP contribution in [0.5, 0.6) is 0 Å². The Morgan fingerprint density at radius 1 is 0.659 bits per heavy atom. The fourth-order valence-corrected chi connectivity index (χ4v) is 7.90. The predicted molar refractivity (Wildman–Crippen MR) is 158 cm³/mol. The Hall–Kier alpha value is -4.94. The lowest BCUT2D eigenvalue weighted by Crippen LogP contribution is -2.31. The topological polar surface area (TPSA) is 138 Å². The number of rotatable bonds is 2. The Bertz CT molecular complexity index is 1850. The van der Waals surface area contributed by atoms with Crippen LogP contribution in [0.4, 0.5) is 0 Å². The lowest BCUT2D eigenvalue weighted by molar-refractivity contribution is 0.0512. The van der Waals surface area contributed by atoms with Crippen LogP contribution in [0, 0.1) is 11.8 Å². The van der Waals surface area contributed by atoms with Gasteiger partial charge in [-0.05, 0) is 24.0 Å². The maximum Gasteiger partial charge on any atom is 0.162 e. The summed E-state index contributed by atoms with van der Waals surface area (Å²) in [5, 5.41) is 37.6. The van der Waals surface area contributed by atoms with Crippen molar-refractivity contribution in [2.24, 2.45) is 11.8 Å². The van der Waals surface area contributed by atoms with E-state index in [0.717, 1.165) is 43.0 Å². The number of benzene rings is 2. The van der Waals surface area contributed by atoms with Gasteiger partial charge in [0, 0.05) is 36.1 Å². The van der Waals surface area contributed by atoms with E-state index in [4.69, 9.17) is 0 Å². The van der Waals surface area contributed by atoms with Crippen LogP contribution < -0.4 is 0 Å². The molecule has 6 atom stereocenters. The van der Waals surface area contributed by atoms with Gasteiger partial charge in [0.25, 0.3) is 0 Å². The van der Waals surface area contributed by atoms with Gasteiger partial charge in [0.2, 0.25) is 0 Å². The predicted octanol–water partition coefficient (Wildman–Crippen LogP) is 3.60. The monoisotopic (exact) mass is 586 g/mol. The molecule has 6 aromatic rings. The summed E-state index contributed by atoms with van der Waals surface area (Å²) in [7, 11) is 0. The maximum atomic E-state index is 10.8. The van der Waals surface area contributed by atoms with E-state index < -0.39 is 12.2 Å². The largest absolute Gasteiger partial charge is 0.386 e. The number of imidazole rings is 2. The molecule has 2 N–H and O–H groups in total. The molecule has 0 saturated heterocycles. The van der Waals surface area contributed by atoms with Crippen molar-refractivity contribution in [1.82, 2.24) is 48.9 Å². The van der Waals surface area contributed by atoms with Crippen LogP contribution in [0.3, 0.4) is 0 Å². The first kappa shape index (κ1) is 25.5. The van der Waals surface area contributed by atoms with Crippen molar-refractivity contribution in [2.45, 2.75) is 50.2 Å². The van der Waals surface area contributed by atoms with Gasteiger partial charge in [0.1, 0.15) is 18.5 Å². The van der Waals surface area contributed by atoms with Crippen LogP contribution in [0.25, 0.3) is 22.5 Å². The second-order valence-electron chi connectivity index (χ2n) is 12.0. The van der Waals surface area contributed by atoms with Crippen molar-refractivity contribution in [3.8, 4) is 22.5 Å². The van der Waals surface area contributed by atoms with Crippen molar-refractivity contribution in [3.63, 3.8) is 0 Å². The molecule has 12 nitrogen and oxygen atoms in total. The van der Waals surface area contributed by atoms with E-state index in [9.17, 15) is 10.2 Å². The van der Waals surface area contributed by atoms with Gasteiger partial charge >= 0.3 is 0 Å². The van der Waals surface area contributed by atoms with Crippen LogP contribution in [0.15, 0.2) is 86.1 Å². The molecule has 10 rings (SSSR count). The summed E-state index contributed by atoms with van der Waals surface area (Å²) >= 11 is 0. The first-order valence-electron chi connectivity index (χ1n) is 15.0. The number of nitrogens with zero attached hydrogens (tertiary/aromatic N) is 10. The summed E-state index contributed by atoms with van der Waals surface area (Å²) < 4.78 is 8.12. The van der Waals surface area contributed by atoms with Crippen molar-refractivity contribution < 1.29 is 10.2 Å². The van der Waals surface area contributed by atoms with Gasteiger partial charge in [-0.15, -0.1) is 15.3 Å². The molecule has 0 spiro atoms. The molecule has 0 amide bonds. The van der Waals surface area contributed by atoms with Crippen LogP contribution in [0.2, 0.25) is 0 Å². The lowest BCUT2D eigenvalue weighted by Gasteiger charge is -2.33. The molecule has 4 aliphatic heterocycles. The normalized spacial score (nSPS) is 25.6. The minimum absolute atomic E-state index is 0.0771. The second kappa shape index (κ2) is 9.79. The number of fused-ring (bicyclic) bond motifs is 8. The Morgan fingerprint density at radius 2 is 1.27 bits per heavy atom. The average Bonchev–Trinajstić information content (AvgIpc) is 3.88. The molecule has 12 heteroatoms. The molecule has 44 heavy (non-hydrogen) atoms. The third-order valence-electron chi connectivity index (χ3n) is 9.90. The summed E-state index contributed by atoms with van der Waals surface area (Å²) in [4.78, 5) is 8.59. The van der Waals surface area contributed by atoms with Gasteiger partial charge in [-0.2, -0.15) is 0 Å². The van der Waals surface area contributed by atoms with Gasteiger partial charge in [0.05, 0.1) is 60.4 Å². The molecule has 0 bridgehead atoms. The highest BCUT2D eigenvalue weighted by Crippen LogP contribution is 2.49. The Morgan fingerprint density at radius 3 is 1.95 bits per heavy atom. The molecule has 220 valence electrons. The van der Waals surface area contributed by atoms with Crippen molar-refractivity contribution in [3.05, 3.63) is 109 Å². The van der Waals surface area contributed by atoms with Gasteiger partial charge in [-0.1, -0.05) is 53.7 Å². The standard InChI is InChI=1S/2C16H15N5O/c22-15-12(5-6-20-9-18-19-16(15)20)14-11-4-2-1-3-10(11)13-7-17-8-21(13)14;22-16-12(5-6-21-14(16)8-18-19-21)15-11-4-2-1-3-10(11)13-7-17-9-20(13)15/h1-4,7-9,12,14-15,22H,5-6H2;1-4,7-9,12,15-16,22H,5-6H2. The highest BCUT2D eigenvalue weighted by atomic mass is 16.3. The summed E-state index contributed by atoms with van der Waals surface area (Å²) in [6.45, 7) is 1.63. The lowest BCUT2D eigenvalue weighted by atomic mass is 9.83. The summed E-state index contributed by atoms with van der Waals surface area (Å²) in [6, 6.07) is 17.0. The van der Waals surface area contributed by atoms with E-state index in [1.165, 1.54) is 22.3 Å². The first-order valence-corrected chi connectivity index (χ1v) is 15.0. The highest BCUT2D eigenvalue weighted by molar-refractivity contribution is 5.70. The van der Waals surface area contributed by atoms with Gasteiger partial charge in [-0.3, -0.25) is 0 Å². The van der Waals surface area contributed by atoms with E-state index in [0.29, 0.717) is 5.82 Å². The number of aliphatic hydroxyl groups excluding tert-OH is 2. The average molecular weight is 587 g/mol. The third kappa shape index (κ3) is 3.64. The van der Waals surface area contributed by atoms with E-state index in [1.54, 1.807) is 17.2 Å². The first-order chi connectivity index (χ1) is 21.7. The molecular weight excluding hydrogens is 556 g/mol. The minimum atomic E-state index is -0.609. The van der Waals surface area contributed by atoms with Crippen LogP contribution >= 0.6 is 0 Å². The van der Waals surface area contributed by atoms with Crippen molar-refractivity contribution >= 4 is 0 Å². The summed E-state index contributed by atoms with van der Waals surface area (Å²) in [6.07, 6.45) is 11.5. The van der Waals surface area contributed by atoms with Crippen molar-refractivity contribution in [2.75, 3.05) is 0 Å². The molecule has 0 radical (unpaired) electrons. The smallest absolute Gasteiger partial charge is 0.162 e. The number of aromatic nitrogens is 10. The van der Waals surface area contributed by atoms with E-state index >= 15 is 0 Å². The fourth-order valence-electron chi connectivity index (χ4n) is 7.90. The second-order valence-corrected chi connectivity index (χ2v) is 12.0. The molecule has 0 saturated carbocycles. The molecule has 6 unspecified atom stereocenters. The highest BCUT2D eigenvalue weighted by Gasteiger charge is 2.42. The number of aryl methyl sites for hydroxylation is 2. The maximum absolute atomic E-state index is 10.8. The zero-order valence-electron chi connectivity index (χ0n) is 23.7. The zero-order chi connectivity index (χ0) is 29.4. The van der Waals surface area contributed by atoms with Crippen LogP contribution in [0.1, 0.15) is 59.8 Å². The van der Waals surface area contributed by atoms with Gasteiger partial charge in [0.15, 0.2) is 5.82 Å².